The molecule has 0 spiro atoms. The summed E-state index contributed by atoms with van der Waals surface area (Å²) in [7, 11) is 0. The Morgan fingerprint density at radius 2 is 1.50 bits per heavy atom. The average molecular weight is 413 g/mol. The number of hydrogen-bond donors (Lipinski definition) is 1. The van der Waals surface area contributed by atoms with Gasteiger partial charge >= 0.3 is 0 Å². The number of halogens is 1. The van der Waals surface area contributed by atoms with Crippen LogP contribution in [0, 0.1) is 0 Å². The van der Waals surface area contributed by atoms with Gasteiger partial charge in [-0.3, -0.25) is 0 Å². The van der Waals surface area contributed by atoms with Crippen molar-refractivity contribution < 1.29 is 0 Å². The van der Waals surface area contributed by atoms with Gasteiger partial charge in [0.2, 0.25) is 0 Å². The Kier molecular flexibility index (Phi) is 5.88. The van der Waals surface area contributed by atoms with Crippen LogP contribution < -0.4 is 5.32 Å². The first-order chi connectivity index (χ1) is 13.0. The molecule has 3 rings (SSSR count). The molecule has 4 heteroatoms. The van der Waals surface area contributed by atoms with Gasteiger partial charge in [0.15, 0.2) is 4.47 Å². The second-order valence-electron chi connectivity index (χ2n) is 9.27. The van der Waals surface area contributed by atoms with Crippen LogP contribution in [0.5, 0.6) is 0 Å². The van der Waals surface area contributed by atoms with Gasteiger partial charge in [-0.05, 0) is 33.6 Å². The Hall–Kier alpha value is -1.84. The molecule has 148 valence electrons. The van der Waals surface area contributed by atoms with Gasteiger partial charge in [-0.1, -0.05) is 89.5 Å². The highest BCUT2D eigenvalue weighted by atomic mass is 35.5. The Morgan fingerprint density at radius 1 is 0.893 bits per heavy atom. The van der Waals surface area contributed by atoms with Crippen molar-refractivity contribution >= 4 is 28.6 Å². The van der Waals surface area contributed by atoms with E-state index in [1.807, 2.05) is 6.20 Å². The predicted molar refractivity (Wildman–Crippen MR) is 124 cm³/mol. The number of rotatable bonds is 4. The molecular weight excluding hydrogens is 384 g/mol. The number of aromatic nitrogens is 1. The summed E-state index contributed by atoms with van der Waals surface area (Å²) in [5, 5.41) is 3.61. The summed E-state index contributed by atoms with van der Waals surface area (Å²) in [4.78, 5) is 5.27. The summed E-state index contributed by atoms with van der Waals surface area (Å²) in [6.07, 6.45) is 1.84. The molecule has 0 amide bonds. The van der Waals surface area contributed by atoms with E-state index < -0.39 is 0 Å². The zero-order chi connectivity index (χ0) is 20.5. The molecule has 1 N–H and O–H groups in total. The second-order valence-corrected chi connectivity index (χ2v) is 11.0. The van der Waals surface area contributed by atoms with E-state index in [2.05, 4.69) is 94.3 Å². The van der Waals surface area contributed by atoms with Crippen molar-refractivity contribution in [1.29, 1.82) is 0 Å². The maximum Gasteiger partial charge on any atom is 0.183 e. The van der Waals surface area contributed by atoms with Crippen LogP contribution in [0.15, 0.2) is 48.7 Å². The third-order valence-electron chi connectivity index (χ3n) is 4.93. The van der Waals surface area contributed by atoms with Gasteiger partial charge in [0.25, 0.3) is 0 Å². The predicted octanol–water partition coefficient (Wildman–Crippen LogP) is 7.67. The lowest BCUT2D eigenvalue weighted by atomic mass is 9.84. The summed E-state index contributed by atoms with van der Waals surface area (Å²) >= 11 is 7.50. The monoisotopic (exact) mass is 412 g/mol. The first-order valence-corrected chi connectivity index (χ1v) is 10.8. The Bertz CT molecular complexity index is 944. The molecule has 0 bridgehead atoms. The topological polar surface area (TPSA) is 24.9 Å². The molecule has 0 aliphatic rings. The average Bonchev–Trinajstić information content (AvgIpc) is 3.04. The molecule has 0 saturated heterocycles. The zero-order valence-electron chi connectivity index (χ0n) is 17.6. The van der Waals surface area contributed by atoms with Gasteiger partial charge in [-0.15, -0.1) is 11.3 Å². The van der Waals surface area contributed by atoms with Crippen molar-refractivity contribution in [2.24, 2.45) is 0 Å². The number of nitrogens with one attached hydrogen (secondary N) is 1. The highest BCUT2D eigenvalue weighted by molar-refractivity contribution is 7.15. The van der Waals surface area contributed by atoms with Crippen LogP contribution in [-0.4, -0.2) is 4.98 Å². The Labute approximate surface area is 178 Å². The lowest BCUT2D eigenvalue weighted by molar-refractivity contribution is 0.590. The van der Waals surface area contributed by atoms with E-state index in [0.717, 1.165) is 10.6 Å². The standard InChI is InChI=1S/C24H29ClN2S/c1-23(2,3)17-9-7-16(8-10-17)20-12-11-18(24(4,5)6)13-21(20)26-14-19-15-27-22(25)28-19/h7-13,15,26H,14H2,1-6H3. The molecule has 0 unspecified atom stereocenters. The highest BCUT2D eigenvalue weighted by Crippen LogP contribution is 2.35. The summed E-state index contributed by atoms with van der Waals surface area (Å²) in [6, 6.07) is 15.7. The number of anilines is 1. The maximum absolute atomic E-state index is 5.99. The molecule has 0 saturated carbocycles. The van der Waals surface area contributed by atoms with Gasteiger partial charge in [0, 0.05) is 22.3 Å². The smallest absolute Gasteiger partial charge is 0.183 e. The van der Waals surface area contributed by atoms with E-state index in [1.165, 1.54) is 33.6 Å². The first-order valence-electron chi connectivity index (χ1n) is 9.63. The molecule has 1 aromatic heterocycles. The van der Waals surface area contributed by atoms with Crippen molar-refractivity contribution in [1.82, 2.24) is 4.98 Å². The molecule has 0 aliphatic heterocycles. The number of thiazole rings is 1. The van der Waals surface area contributed by atoms with Crippen LogP contribution >= 0.6 is 22.9 Å². The van der Waals surface area contributed by atoms with Crippen LogP contribution in [0.2, 0.25) is 4.47 Å². The SMILES string of the molecule is CC(C)(C)c1ccc(-c2ccc(C(C)(C)C)cc2NCc2cnc(Cl)s2)cc1. The van der Waals surface area contributed by atoms with Crippen molar-refractivity contribution in [3.63, 3.8) is 0 Å². The molecule has 0 atom stereocenters. The second kappa shape index (κ2) is 7.88. The third kappa shape index (κ3) is 4.95. The van der Waals surface area contributed by atoms with Gasteiger partial charge in [0.05, 0.1) is 6.54 Å². The quantitative estimate of drug-likeness (QED) is 0.475. The van der Waals surface area contributed by atoms with E-state index in [-0.39, 0.29) is 10.8 Å². The largest absolute Gasteiger partial charge is 0.380 e. The van der Waals surface area contributed by atoms with E-state index in [9.17, 15) is 0 Å². The molecule has 3 aromatic rings. The lowest BCUT2D eigenvalue weighted by Crippen LogP contribution is -2.12. The van der Waals surface area contributed by atoms with Crippen molar-refractivity contribution in [2.45, 2.75) is 58.9 Å². The minimum atomic E-state index is 0.0961. The van der Waals surface area contributed by atoms with Crippen molar-refractivity contribution in [2.75, 3.05) is 5.32 Å². The molecular formula is C24H29ClN2S. The normalized spacial score (nSPS) is 12.2. The van der Waals surface area contributed by atoms with Gasteiger partial charge in [-0.25, -0.2) is 4.98 Å². The Balaban J connectivity index is 1.96. The summed E-state index contributed by atoms with van der Waals surface area (Å²) < 4.78 is 0.582. The highest BCUT2D eigenvalue weighted by Gasteiger charge is 2.17. The minimum Gasteiger partial charge on any atom is -0.380 e. The molecule has 28 heavy (non-hydrogen) atoms. The number of nitrogens with zero attached hydrogens (tertiary/aromatic N) is 1. The van der Waals surface area contributed by atoms with Crippen LogP contribution in [-0.2, 0) is 17.4 Å². The summed E-state index contributed by atoms with van der Waals surface area (Å²) in [6.45, 7) is 14.2. The lowest BCUT2D eigenvalue weighted by Gasteiger charge is -2.23. The third-order valence-corrected chi connectivity index (χ3v) is 6.04. The van der Waals surface area contributed by atoms with Crippen LogP contribution in [0.4, 0.5) is 5.69 Å². The van der Waals surface area contributed by atoms with Gasteiger partial charge in [-0.2, -0.15) is 0 Å². The van der Waals surface area contributed by atoms with Crippen molar-refractivity contribution in [3.8, 4) is 11.1 Å². The summed E-state index contributed by atoms with van der Waals surface area (Å²) in [5.41, 5.74) is 6.48. The van der Waals surface area contributed by atoms with Gasteiger partial charge in [0.1, 0.15) is 0 Å². The maximum atomic E-state index is 5.99. The molecule has 2 nitrogen and oxygen atoms in total. The van der Waals surface area contributed by atoms with Gasteiger partial charge < -0.3 is 5.32 Å². The molecule has 0 fully saturated rings. The molecule has 1 heterocycles. The Morgan fingerprint density at radius 3 is 2.04 bits per heavy atom. The van der Waals surface area contributed by atoms with E-state index >= 15 is 0 Å². The zero-order valence-corrected chi connectivity index (χ0v) is 19.1. The fourth-order valence-corrected chi connectivity index (χ4v) is 4.02. The van der Waals surface area contributed by atoms with E-state index in [0.29, 0.717) is 11.0 Å². The van der Waals surface area contributed by atoms with Crippen LogP contribution in [0.25, 0.3) is 11.1 Å². The van der Waals surface area contributed by atoms with Crippen LogP contribution in [0.1, 0.15) is 57.5 Å². The first kappa shape index (κ1) is 20.9. The van der Waals surface area contributed by atoms with Crippen molar-refractivity contribution in [3.05, 3.63) is 69.1 Å². The van der Waals surface area contributed by atoms with E-state index in [4.69, 9.17) is 11.6 Å². The summed E-state index contributed by atoms with van der Waals surface area (Å²) in [5.74, 6) is 0. The fourth-order valence-electron chi connectivity index (χ4n) is 3.11. The minimum absolute atomic E-state index is 0.0961. The van der Waals surface area contributed by atoms with Crippen LogP contribution in [0.3, 0.4) is 0 Å². The molecule has 0 radical (unpaired) electrons. The number of hydrogen-bond acceptors (Lipinski definition) is 3. The number of benzene rings is 2. The van der Waals surface area contributed by atoms with E-state index in [1.54, 1.807) is 0 Å². The molecule has 0 aliphatic carbocycles. The fraction of sp³-hybridized carbons (Fsp3) is 0.375. The molecule has 2 aromatic carbocycles.